The summed E-state index contributed by atoms with van der Waals surface area (Å²) < 4.78 is 4.93. The van der Waals surface area contributed by atoms with Crippen molar-refractivity contribution in [2.75, 3.05) is 6.61 Å². The van der Waals surface area contributed by atoms with Gasteiger partial charge in [0.25, 0.3) is 0 Å². The van der Waals surface area contributed by atoms with E-state index in [9.17, 15) is 19.9 Å². The molecule has 8 heteroatoms. The molecule has 0 aromatic heterocycles. The summed E-state index contributed by atoms with van der Waals surface area (Å²) in [5, 5.41) is 32.8. The Morgan fingerprint density at radius 1 is 1.44 bits per heavy atom. The molecule has 0 aromatic carbocycles. The molecular formula is C8H14N2O6. The van der Waals surface area contributed by atoms with Crippen LogP contribution in [0.2, 0.25) is 0 Å². The smallest absolute Gasteiger partial charge is 0.217 e. The highest BCUT2D eigenvalue weighted by molar-refractivity contribution is 5.73. The van der Waals surface area contributed by atoms with Gasteiger partial charge in [0, 0.05) is 6.92 Å². The second kappa shape index (κ2) is 5.30. The number of aliphatic hydroxyl groups excluding tert-OH is 3. The summed E-state index contributed by atoms with van der Waals surface area (Å²) in [6.07, 6.45) is -5.24. The largest absolute Gasteiger partial charge is 0.394 e. The summed E-state index contributed by atoms with van der Waals surface area (Å²) in [4.78, 5) is 21.3. The number of nitroso groups, excluding NO2 is 1. The van der Waals surface area contributed by atoms with Crippen LogP contribution in [0.4, 0.5) is 0 Å². The lowest BCUT2D eigenvalue weighted by Gasteiger charge is -2.39. The molecule has 92 valence electrons. The first kappa shape index (κ1) is 13.0. The van der Waals surface area contributed by atoms with Gasteiger partial charge >= 0.3 is 0 Å². The average molecular weight is 234 g/mol. The van der Waals surface area contributed by atoms with Crippen molar-refractivity contribution >= 4 is 5.91 Å². The Bertz CT molecular complexity index is 273. The molecule has 1 rings (SSSR count). The van der Waals surface area contributed by atoms with E-state index in [1.165, 1.54) is 6.92 Å². The molecule has 1 saturated heterocycles. The molecule has 1 amide bonds. The molecule has 0 radical (unpaired) electrons. The van der Waals surface area contributed by atoms with Crippen LogP contribution in [-0.4, -0.2) is 58.4 Å². The Labute approximate surface area is 91.2 Å². The van der Waals surface area contributed by atoms with Crippen molar-refractivity contribution in [2.45, 2.75) is 37.5 Å². The molecular weight excluding hydrogens is 220 g/mol. The highest BCUT2D eigenvalue weighted by Crippen LogP contribution is 2.21. The maximum absolute atomic E-state index is 10.8. The van der Waals surface area contributed by atoms with Crippen LogP contribution in [0.15, 0.2) is 5.18 Å². The van der Waals surface area contributed by atoms with Gasteiger partial charge in [-0.15, -0.1) is 4.91 Å². The number of carbonyl (C=O) groups excluding carboxylic acids is 1. The van der Waals surface area contributed by atoms with Crippen molar-refractivity contribution in [3.63, 3.8) is 0 Å². The summed E-state index contributed by atoms with van der Waals surface area (Å²) >= 11 is 0. The highest BCUT2D eigenvalue weighted by atomic mass is 16.6. The van der Waals surface area contributed by atoms with Gasteiger partial charge in [0.15, 0.2) is 0 Å². The normalized spacial score (nSPS) is 39.1. The Morgan fingerprint density at radius 3 is 2.50 bits per heavy atom. The van der Waals surface area contributed by atoms with E-state index >= 15 is 0 Å². The maximum atomic E-state index is 10.8. The highest BCUT2D eigenvalue weighted by Gasteiger charge is 2.45. The monoisotopic (exact) mass is 234 g/mol. The second-order valence-electron chi connectivity index (χ2n) is 3.56. The molecule has 1 fully saturated rings. The van der Waals surface area contributed by atoms with E-state index in [0.29, 0.717) is 0 Å². The number of hydrogen-bond acceptors (Lipinski definition) is 7. The Hall–Kier alpha value is -1.09. The van der Waals surface area contributed by atoms with Crippen molar-refractivity contribution in [3.8, 4) is 0 Å². The first-order chi connectivity index (χ1) is 7.51. The number of aliphatic hydroxyl groups is 3. The van der Waals surface area contributed by atoms with Gasteiger partial charge in [-0.05, 0) is 5.18 Å². The van der Waals surface area contributed by atoms with Gasteiger partial charge in [-0.2, -0.15) is 0 Å². The van der Waals surface area contributed by atoms with Crippen molar-refractivity contribution < 1.29 is 24.9 Å². The lowest BCUT2D eigenvalue weighted by Crippen LogP contribution is -2.63. The molecule has 5 atom stereocenters. The number of hydrogen-bond donors (Lipinski definition) is 4. The average Bonchev–Trinajstić information content (AvgIpc) is 2.25. The number of amides is 1. The van der Waals surface area contributed by atoms with Gasteiger partial charge in [-0.1, -0.05) is 0 Å². The number of rotatable bonds is 3. The van der Waals surface area contributed by atoms with E-state index in [-0.39, 0.29) is 0 Å². The van der Waals surface area contributed by atoms with E-state index in [0.717, 1.165) is 0 Å². The van der Waals surface area contributed by atoms with Gasteiger partial charge < -0.3 is 25.4 Å². The predicted molar refractivity (Wildman–Crippen MR) is 51.2 cm³/mol. The zero-order valence-corrected chi connectivity index (χ0v) is 8.61. The summed E-state index contributed by atoms with van der Waals surface area (Å²) in [5.41, 5.74) is 0. The molecule has 0 saturated carbocycles. The predicted octanol–water partition coefficient (Wildman–Crippen LogP) is -2.30. The molecule has 8 nitrogen and oxygen atoms in total. The SMILES string of the molecule is CC(=O)NC1C(N=O)OC(CO)C(O)C1O. The summed E-state index contributed by atoms with van der Waals surface area (Å²) in [6, 6.07) is -1.12. The van der Waals surface area contributed by atoms with Crippen molar-refractivity contribution in [2.24, 2.45) is 5.18 Å². The first-order valence-electron chi connectivity index (χ1n) is 4.73. The van der Waals surface area contributed by atoms with Crippen molar-refractivity contribution in [1.29, 1.82) is 0 Å². The Balaban J connectivity index is 2.81. The van der Waals surface area contributed by atoms with E-state index in [1.807, 2.05) is 0 Å². The van der Waals surface area contributed by atoms with Crippen LogP contribution >= 0.6 is 0 Å². The number of carbonyl (C=O) groups is 1. The maximum Gasteiger partial charge on any atom is 0.217 e. The topological polar surface area (TPSA) is 128 Å². The molecule has 16 heavy (non-hydrogen) atoms. The van der Waals surface area contributed by atoms with Crippen LogP contribution in [0.3, 0.4) is 0 Å². The number of ether oxygens (including phenoxy) is 1. The Kier molecular flexibility index (Phi) is 4.30. The van der Waals surface area contributed by atoms with Crippen LogP contribution in [0.5, 0.6) is 0 Å². The van der Waals surface area contributed by atoms with E-state index in [2.05, 4.69) is 10.5 Å². The van der Waals surface area contributed by atoms with Gasteiger partial charge in [0.1, 0.15) is 24.4 Å². The van der Waals surface area contributed by atoms with Crippen molar-refractivity contribution in [3.05, 3.63) is 4.91 Å². The number of nitrogens with one attached hydrogen (secondary N) is 1. The van der Waals surface area contributed by atoms with Crippen LogP contribution in [-0.2, 0) is 9.53 Å². The molecule has 1 aliphatic heterocycles. The third-order valence-electron chi connectivity index (χ3n) is 2.37. The van der Waals surface area contributed by atoms with Crippen LogP contribution < -0.4 is 5.32 Å². The first-order valence-corrected chi connectivity index (χ1v) is 4.73. The molecule has 4 N–H and O–H groups in total. The van der Waals surface area contributed by atoms with Gasteiger partial charge in [0.05, 0.1) is 6.61 Å². The summed E-state index contributed by atoms with van der Waals surface area (Å²) in [6.45, 7) is 0.635. The summed E-state index contributed by atoms with van der Waals surface area (Å²) in [7, 11) is 0. The molecule has 0 bridgehead atoms. The fraction of sp³-hybridized carbons (Fsp3) is 0.875. The van der Waals surface area contributed by atoms with Crippen LogP contribution in [0.25, 0.3) is 0 Å². The van der Waals surface area contributed by atoms with Crippen LogP contribution in [0.1, 0.15) is 6.92 Å². The van der Waals surface area contributed by atoms with Gasteiger partial charge in [0.2, 0.25) is 12.1 Å². The van der Waals surface area contributed by atoms with Crippen molar-refractivity contribution in [1.82, 2.24) is 5.32 Å². The lowest BCUT2D eigenvalue weighted by molar-refractivity contribution is -0.193. The minimum absolute atomic E-state index is 0.490. The molecule has 0 aliphatic carbocycles. The molecule has 0 spiro atoms. The molecule has 1 aliphatic rings. The van der Waals surface area contributed by atoms with E-state index < -0.39 is 43.1 Å². The third kappa shape index (κ3) is 2.53. The zero-order chi connectivity index (χ0) is 12.3. The number of nitrogens with zero attached hydrogens (tertiary/aromatic N) is 1. The molecule has 5 unspecified atom stereocenters. The van der Waals surface area contributed by atoms with E-state index in [1.54, 1.807) is 0 Å². The Morgan fingerprint density at radius 2 is 2.06 bits per heavy atom. The second-order valence-corrected chi connectivity index (χ2v) is 3.56. The van der Waals surface area contributed by atoms with Gasteiger partial charge in [-0.25, -0.2) is 0 Å². The fourth-order valence-corrected chi connectivity index (χ4v) is 1.58. The standard InChI is InChI=1S/C8H14N2O6/c1-3(12)9-5-7(14)6(13)4(2-11)16-8(5)10-15/h4-8,11,13-14H,2H2,1H3,(H,9,12). The fourth-order valence-electron chi connectivity index (χ4n) is 1.58. The zero-order valence-electron chi connectivity index (χ0n) is 8.61. The third-order valence-corrected chi connectivity index (χ3v) is 2.37. The minimum atomic E-state index is -1.42. The van der Waals surface area contributed by atoms with Gasteiger partial charge in [-0.3, -0.25) is 4.79 Å². The lowest BCUT2D eigenvalue weighted by atomic mass is 9.96. The minimum Gasteiger partial charge on any atom is -0.394 e. The summed E-state index contributed by atoms with van der Waals surface area (Å²) in [5.74, 6) is -0.490. The molecule has 0 aromatic rings. The molecule has 1 heterocycles. The quantitative estimate of drug-likeness (QED) is 0.406. The van der Waals surface area contributed by atoms with Crippen LogP contribution in [0, 0.1) is 4.91 Å². The van der Waals surface area contributed by atoms with E-state index in [4.69, 9.17) is 9.84 Å².